The Bertz CT molecular complexity index is 213. The Morgan fingerprint density at radius 3 is 2.46 bits per heavy atom. The second-order valence-corrected chi connectivity index (χ2v) is 4.73. The van der Waals surface area contributed by atoms with Crippen molar-refractivity contribution in [3.8, 4) is 0 Å². The molecule has 3 nitrogen and oxygen atoms in total. The molecule has 1 fully saturated rings. The van der Waals surface area contributed by atoms with Crippen molar-refractivity contribution in [2.24, 2.45) is 11.3 Å². The number of hydrogen-bond donors (Lipinski definition) is 1. The summed E-state index contributed by atoms with van der Waals surface area (Å²) in [6.07, 6.45) is 0.980. The molecule has 1 saturated carbocycles. The van der Waals surface area contributed by atoms with Crippen molar-refractivity contribution in [3.63, 3.8) is 0 Å². The maximum atomic E-state index is 11.7. The number of hydrogen-bond acceptors (Lipinski definition) is 2. The van der Waals surface area contributed by atoms with Crippen molar-refractivity contribution in [3.05, 3.63) is 0 Å². The van der Waals surface area contributed by atoms with Gasteiger partial charge in [0.05, 0.1) is 12.6 Å². The minimum absolute atomic E-state index is 0.0371. The topological polar surface area (TPSA) is 40.5 Å². The third kappa shape index (κ3) is 2.02. The maximum absolute atomic E-state index is 11.7. The highest BCUT2D eigenvalue weighted by molar-refractivity contribution is 5.82. The molecule has 0 aliphatic heterocycles. The summed E-state index contributed by atoms with van der Waals surface area (Å²) in [4.78, 5) is 13.4. The van der Waals surface area contributed by atoms with Crippen LogP contribution in [0.1, 0.15) is 27.2 Å². The smallest absolute Gasteiger partial charge is 0.226 e. The van der Waals surface area contributed by atoms with Crippen LogP contribution in [0.2, 0.25) is 0 Å². The molecule has 0 heterocycles. The molecule has 1 amide bonds. The fourth-order valence-corrected chi connectivity index (χ4v) is 1.47. The average Bonchev–Trinajstić information content (AvgIpc) is 2.71. The minimum atomic E-state index is -0.0658. The van der Waals surface area contributed by atoms with E-state index in [1.54, 1.807) is 11.9 Å². The predicted molar refractivity (Wildman–Crippen MR) is 51.2 cm³/mol. The summed E-state index contributed by atoms with van der Waals surface area (Å²) in [6, 6.07) is -0.0658. The van der Waals surface area contributed by atoms with Crippen molar-refractivity contribution in [1.82, 2.24) is 4.90 Å². The lowest BCUT2D eigenvalue weighted by Gasteiger charge is -2.23. The van der Waals surface area contributed by atoms with E-state index in [0.717, 1.165) is 6.42 Å². The number of aliphatic hydroxyl groups is 1. The summed E-state index contributed by atoms with van der Waals surface area (Å²) in [5.41, 5.74) is 0.181. The van der Waals surface area contributed by atoms with E-state index < -0.39 is 0 Å². The van der Waals surface area contributed by atoms with Crippen LogP contribution in [0.3, 0.4) is 0 Å². The summed E-state index contributed by atoms with van der Waals surface area (Å²) >= 11 is 0. The van der Waals surface area contributed by atoms with Crippen LogP contribution in [-0.4, -0.2) is 35.6 Å². The number of amides is 1. The Balaban J connectivity index is 2.50. The van der Waals surface area contributed by atoms with Crippen LogP contribution >= 0.6 is 0 Å². The van der Waals surface area contributed by atoms with Gasteiger partial charge in [0, 0.05) is 13.0 Å². The quantitative estimate of drug-likeness (QED) is 0.709. The van der Waals surface area contributed by atoms with Crippen LogP contribution in [-0.2, 0) is 4.79 Å². The van der Waals surface area contributed by atoms with Gasteiger partial charge in [-0.1, -0.05) is 13.8 Å². The normalized spacial score (nSPS) is 26.7. The van der Waals surface area contributed by atoms with Crippen molar-refractivity contribution < 1.29 is 9.90 Å². The number of nitrogens with zero attached hydrogens (tertiary/aromatic N) is 1. The van der Waals surface area contributed by atoms with E-state index >= 15 is 0 Å². The van der Waals surface area contributed by atoms with E-state index in [0.29, 0.717) is 0 Å². The van der Waals surface area contributed by atoms with Crippen LogP contribution in [0.5, 0.6) is 0 Å². The van der Waals surface area contributed by atoms with Gasteiger partial charge in [-0.2, -0.15) is 0 Å². The van der Waals surface area contributed by atoms with E-state index in [9.17, 15) is 4.79 Å². The third-order valence-corrected chi connectivity index (χ3v) is 3.08. The van der Waals surface area contributed by atoms with Crippen molar-refractivity contribution in [2.75, 3.05) is 13.7 Å². The number of carbonyl (C=O) groups is 1. The van der Waals surface area contributed by atoms with Gasteiger partial charge >= 0.3 is 0 Å². The summed E-state index contributed by atoms with van der Waals surface area (Å²) < 4.78 is 0. The van der Waals surface area contributed by atoms with Gasteiger partial charge in [0.2, 0.25) is 5.91 Å². The van der Waals surface area contributed by atoms with E-state index in [1.165, 1.54) is 0 Å². The number of likely N-dealkylation sites (N-methyl/N-ethyl adjacent to an activating group) is 1. The van der Waals surface area contributed by atoms with Gasteiger partial charge in [-0.25, -0.2) is 0 Å². The van der Waals surface area contributed by atoms with Crippen molar-refractivity contribution >= 4 is 5.91 Å². The average molecular weight is 185 g/mol. The molecule has 3 heteroatoms. The molecule has 0 saturated heterocycles. The highest BCUT2D eigenvalue weighted by Crippen LogP contribution is 2.52. The first kappa shape index (κ1) is 10.5. The molecule has 2 unspecified atom stereocenters. The summed E-state index contributed by atoms with van der Waals surface area (Å²) in [5.74, 6) is 0.345. The molecule has 1 aliphatic rings. The molecule has 0 aromatic carbocycles. The largest absolute Gasteiger partial charge is 0.394 e. The molecule has 0 aromatic heterocycles. The molecule has 1 aliphatic carbocycles. The van der Waals surface area contributed by atoms with E-state index in [4.69, 9.17) is 5.11 Å². The van der Waals surface area contributed by atoms with Gasteiger partial charge in [0.1, 0.15) is 0 Å². The zero-order valence-corrected chi connectivity index (χ0v) is 8.87. The van der Waals surface area contributed by atoms with Gasteiger partial charge in [-0.3, -0.25) is 4.79 Å². The molecule has 1 rings (SSSR count). The molecular formula is C10H19NO2. The predicted octanol–water partition coefficient (Wildman–Crippen LogP) is 0.872. The maximum Gasteiger partial charge on any atom is 0.226 e. The molecule has 13 heavy (non-hydrogen) atoms. The minimum Gasteiger partial charge on any atom is -0.394 e. The van der Waals surface area contributed by atoms with Crippen LogP contribution in [0, 0.1) is 11.3 Å². The van der Waals surface area contributed by atoms with E-state index in [1.807, 2.05) is 6.92 Å². The molecule has 2 atom stereocenters. The molecular weight excluding hydrogens is 166 g/mol. The fourth-order valence-electron chi connectivity index (χ4n) is 1.47. The van der Waals surface area contributed by atoms with Gasteiger partial charge in [0.25, 0.3) is 0 Å². The van der Waals surface area contributed by atoms with E-state index in [2.05, 4.69) is 13.8 Å². The standard InChI is InChI=1S/C10H19NO2/c1-7(6-12)11(4)9(13)8-5-10(8,2)3/h7-8,12H,5-6H2,1-4H3. The van der Waals surface area contributed by atoms with Crippen LogP contribution < -0.4 is 0 Å². The Kier molecular flexibility index (Phi) is 2.66. The SMILES string of the molecule is CC(CO)N(C)C(=O)C1CC1(C)C. The molecule has 0 aromatic rings. The number of rotatable bonds is 3. The fraction of sp³-hybridized carbons (Fsp3) is 0.900. The van der Waals surface area contributed by atoms with Crippen molar-refractivity contribution in [2.45, 2.75) is 33.2 Å². The number of carbonyl (C=O) groups excluding carboxylic acids is 1. The van der Waals surface area contributed by atoms with Gasteiger partial charge < -0.3 is 10.0 Å². The lowest BCUT2D eigenvalue weighted by molar-refractivity contribution is -0.134. The second-order valence-electron chi connectivity index (χ2n) is 4.73. The first-order chi connectivity index (χ1) is 5.90. The highest BCUT2D eigenvalue weighted by atomic mass is 16.3. The first-order valence-corrected chi connectivity index (χ1v) is 4.77. The summed E-state index contributed by atoms with van der Waals surface area (Å²) in [5, 5.41) is 8.89. The summed E-state index contributed by atoms with van der Waals surface area (Å²) in [7, 11) is 1.76. The monoisotopic (exact) mass is 185 g/mol. The molecule has 0 spiro atoms. The lowest BCUT2D eigenvalue weighted by atomic mass is 10.1. The first-order valence-electron chi connectivity index (χ1n) is 4.77. The molecule has 0 radical (unpaired) electrons. The third-order valence-electron chi connectivity index (χ3n) is 3.08. The zero-order chi connectivity index (χ0) is 10.2. The molecule has 76 valence electrons. The van der Waals surface area contributed by atoms with Crippen molar-refractivity contribution in [1.29, 1.82) is 0 Å². The lowest BCUT2D eigenvalue weighted by Crippen LogP contribution is -2.38. The Labute approximate surface area is 79.7 Å². The number of aliphatic hydroxyl groups excluding tert-OH is 1. The van der Waals surface area contributed by atoms with Gasteiger partial charge in [-0.15, -0.1) is 0 Å². The van der Waals surface area contributed by atoms with E-state index in [-0.39, 0.29) is 29.9 Å². The van der Waals surface area contributed by atoms with Gasteiger partial charge in [0.15, 0.2) is 0 Å². The molecule has 1 N–H and O–H groups in total. The van der Waals surface area contributed by atoms with Crippen LogP contribution in [0.4, 0.5) is 0 Å². The Hall–Kier alpha value is -0.570. The Morgan fingerprint density at radius 2 is 2.15 bits per heavy atom. The van der Waals surface area contributed by atoms with Crippen LogP contribution in [0.25, 0.3) is 0 Å². The second kappa shape index (κ2) is 3.29. The molecule has 0 bridgehead atoms. The van der Waals surface area contributed by atoms with Gasteiger partial charge in [-0.05, 0) is 18.8 Å². The highest BCUT2D eigenvalue weighted by Gasteiger charge is 2.51. The zero-order valence-electron chi connectivity index (χ0n) is 8.87. The Morgan fingerprint density at radius 1 is 1.69 bits per heavy atom. The summed E-state index contributed by atoms with van der Waals surface area (Å²) in [6.45, 7) is 6.10. The van der Waals surface area contributed by atoms with Crippen LogP contribution in [0.15, 0.2) is 0 Å².